The number of nitrogens with zero attached hydrogens (tertiary/aromatic N) is 1. The summed E-state index contributed by atoms with van der Waals surface area (Å²) in [5.41, 5.74) is 4.97. The van der Waals surface area contributed by atoms with Gasteiger partial charge < -0.3 is 15.8 Å². The first-order valence-corrected chi connectivity index (χ1v) is 8.24. The minimum absolute atomic E-state index is 0.229. The van der Waals surface area contributed by atoms with Crippen LogP contribution in [-0.2, 0) is 19.6 Å². The van der Waals surface area contributed by atoms with Gasteiger partial charge in [-0.25, -0.2) is 12.7 Å². The van der Waals surface area contributed by atoms with E-state index in [9.17, 15) is 13.2 Å². The van der Waals surface area contributed by atoms with Crippen LogP contribution < -0.4 is 11.1 Å². The number of hydrogen-bond acceptors (Lipinski definition) is 5. The Balaban J connectivity index is 2.29. The molecule has 0 saturated carbocycles. The molecule has 3 N–H and O–H groups in total. The molecule has 0 bridgehead atoms. The topological polar surface area (TPSA) is 102 Å². The molecule has 19 heavy (non-hydrogen) atoms. The van der Waals surface area contributed by atoms with Gasteiger partial charge in [0.05, 0.1) is 12.9 Å². The second-order valence-corrected chi connectivity index (χ2v) is 6.81. The van der Waals surface area contributed by atoms with Crippen LogP contribution in [0.15, 0.2) is 0 Å². The molecule has 1 atom stereocenters. The summed E-state index contributed by atoms with van der Waals surface area (Å²) in [5.74, 6) is -0.229. The van der Waals surface area contributed by atoms with Gasteiger partial charge in [0.15, 0.2) is 0 Å². The Kier molecular flexibility index (Phi) is 5.72. The molecule has 1 aliphatic rings. The zero-order valence-corrected chi connectivity index (χ0v) is 12.3. The van der Waals surface area contributed by atoms with Crippen molar-refractivity contribution < 1.29 is 17.9 Å². The highest BCUT2D eigenvalue weighted by Gasteiger charge is 2.37. The Labute approximate surface area is 114 Å². The Morgan fingerprint density at radius 3 is 2.68 bits per heavy atom. The van der Waals surface area contributed by atoms with E-state index in [1.54, 1.807) is 6.92 Å². The molecule has 0 aromatic heterocycles. The molecule has 0 radical (unpaired) electrons. The van der Waals surface area contributed by atoms with E-state index in [0.717, 1.165) is 0 Å². The summed E-state index contributed by atoms with van der Waals surface area (Å²) in [6, 6.07) is 0. The van der Waals surface area contributed by atoms with Crippen LogP contribution in [0.5, 0.6) is 0 Å². The fraction of sp³-hybridized carbons (Fsp3) is 0.909. The van der Waals surface area contributed by atoms with Crippen LogP contribution in [0.2, 0.25) is 0 Å². The van der Waals surface area contributed by atoms with Crippen molar-refractivity contribution in [2.75, 3.05) is 39.1 Å². The van der Waals surface area contributed by atoms with Crippen LogP contribution in [0.3, 0.4) is 0 Å². The van der Waals surface area contributed by atoms with E-state index in [2.05, 4.69) is 5.32 Å². The summed E-state index contributed by atoms with van der Waals surface area (Å²) in [6.45, 7) is 3.75. The molecular weight excluding hydrogens is 270 g/mol. The molecule has 1 rings (SSSR count). The number of hydrogen-bond donors (Lipinski definition) is 2. The van der Waals surface area contributed by atoms with Crippen LogP contribution in [-0.4, -0.2) is 63.3 Å². The standard InChI is InChI=1S/C11H23N3O4S/c1-3-14(19(2,16)17)7-4-6-13-10(15)11(12)5-8-18-9-11/h3-9,12H2,1-2H3,(H,13,15). The number of sulfonamides is 1. The van der Waals surface area contributed by atoms with Crippen LogP contribution in [0.25, 0.3) is 0 Å². The molecule has 1 heterocycles. The van der Waals surface area contributed by atoms with E-state index in [1.807, 2.05) is 0 Å². The van der Waals surface area contributed by atoms with E-state index < -0.39 is 15.6 Å². The molecule has 0 aliphatic carbocycles. The first kappa shape index (κ1) is 16.4. The molecule has 0 aromatic carbocycles. The van der Waals surface area contributed by atoms with Crippen molar-refractivity contribution in [3.05, 3.63) is 0 Å². The maximum absolute atomic E-state index is 11.8. The zero-order valence-electron chi connectivity index (χ0n) is 11.5. The molecule has 112 valence electrons. The number of rotatable bonds is 7. The average molecular weight is 293 g/mol. The fourth-order valence-electron chi connectivity index (χ4n) is 1.95. The van der Waals surface area contributed by atoms with E-state index >= 15 is 0 Å². The summed E-state index contributed by atoms with van der Waals surface area (Å²) in [7, 11) is -3.17. The Bertz CT molecular complexity index is 404. The molecule has 1 unspecified atom stereocenters. The van der Waals surface area contributed by atoms with Crippen molar-refractivity contribution in [1.82, 2.24) is 9.62 Å². The number of amides is 1. The van der Waals surface area contributed by atoms with Gasteiger partial charge in [-0.1, -0.05) is 6.92 Å². The lowest BCUT2D eigenvalue weighted by molar-refractivity contribution is -0.126. The Morgan fingerprint density at radius 1 is 1.53 bits per heavy atom. The highest BCUT2D eigenvalue weighted by atomic mass is 32.2. The second-order valence-electron chi connectivity index (χ2n) is 4.82. The first-order chi connectivity index (χ1) is 8.79. The Morgan fingerprint density at radius 2 is 2.21 bits per heavy atom. The molecule has 1 amide bonds. The molecule has 0 aromatic rings. The van der Waals surface area contributed by atoms with Crippen molar-refractivity contribution in [1.29, 1.82) is 0 Å². The lowest BCUT2D eigenvalue weighted by Crippen LogP contribution is -2.54. The van der Waals surface area contributed by atoms with Gasteiger partial charge in [-0.15, -0.1) is 0 Å². The van der Waals surface area contributed by atoms with Gasteiger partial charge in [0.1, 0.15) is 5.54 Å². The van der Waals surface area contributed by atoms with Gasteiger partial charge in [-0.3, -0.25) is 4.79 Å². The normalized spacial score (nSPS) is 23.8. The molecule has 7 nitrogen and oxygen atoms in total. The van der Waals surface area contributed by atoms with E-state index in [4.69, 9.17) is 10.5 Å². The number of ether oxygens (including phenoxy) is 1. The summed E-state index contributed by atoms with van der Waals surface area (Å²) < 4.78 is 29.2. The number of nitrogens with one attached hydrogen (secondary N) is 1. The van der Waals surface area contributed by atoms with Gasteiger partial charge in [0.2, 0.25) is 15.9 Å². The van der Waals surface area contributed by atoms with Gasteiger partial charge in [0, 0.05) is 26.2 Å². The number of carbonyl (C=O) groups is 1. The zero-order chi connectivity index (χ0) is 14.5. The number of carbonyl (C=O) groups excluding carboxylic acids is 1. The predicted octanol–water partition coefficient (Wildman–Crippen LogP) is -1.11. The smallest absolute Gasteiger partial charge is 0.242 e. The van der Waals surface area contributed by atoms with Crippen molar-refractivity contribution in [2.24, 2.45) is 5.73 Å². The monoisotopic (exact) mass is 293 g/mol. The van der Waals surface area contributed by atoms with Crippen LogP contribution in [0, 0.1) is 0 Å². The maximum atomic E-state index is 11.8. The third kappa shape index (κ3) is 4.72. The summed E-state index contributed by atoms with van der Waals surface area (Å²) >= 11 is 0. The fourth-order valence-corrected chi connectivity index (χ4v) is 2.88. The SMILES string of the molecule is CCN(CCCNC(=O)C1(N)CCOC1)S(C)(=O)=O. The van der Waals surface area contributed by atoms with Gasteiger partial charge in [-0.05, 0) is 12.8 Å². The third-order valence-corrected chi connectivity index (χ3v) is 4.57. The van der Waals surface area contributed by atoms with E-state index in [1.165, 1.54) is 10.6 Å². The van der Waals surface area contributed by atoms with Crippen molar-refractivity contribution in [2.45, 2.75) is 25.3 Å². The minimum Gasteiger partial charge on any atom is -0.379 e. The third-order valence-electron chi connectivity index (χ3n) is 3.20. The van der Waals surface area contributed by atoms with E-state index in [-0.39, 0.29) is 12.5 Å². The second kappa shape index (κ2) is 6.65. The quantitative estimate of drug-likeness (QED) is 0.580. The highest BCUT2D eigenvalue weighted by molar-refractivity contribution is 7.88. The van der Waals surface area contributed by atoms with Crippen molar-refractivity contribution >= 4 is 15.9 Å². The summed E-state index contributed by atoms with van der Waals surface area (Å²) in [5, 5.41) is 2.73. The largest absolute Gasteiger partial charge is 0.379 e. The molecule has 1 aliphatic heterocycles. The van der Waals surface area contributed by atoms with Gasteiger partial charge in [-0.2, -0.15) is 0 Å². The minimum atomic E-state index is -3.17. The lowest BCUT2D eigenvalue weighted by Gasteiger charge is -2.21. The van der Waals surface area contributed by atoms with Crippen LogP contribution in [0.1, 0.15) is 19.8 Å². The molecule has 0 spiro atoms. The van der Waals surface area contributed by atoms with Crippen molar-refractivity contribution in [3.8, 4) is 0 Å². The van der Waals surface area contributed by atoms with Gasteiger partial charge in [0.25, 0.3) is 0 Å². The maximum Gasteiger partial charge on any atom is 0.242 e. The predicted molar refractivity (Wildman–Crippen MR) is 72.1 cm³/mol. The molecular formula is C11H23N3O4S. The molecule has 1 saturated heterocycles. The summed E-state index contributed by atoms with van der Waals surface area (Å²) in [6.07, 6.45) is 2.26. The van der Waals surface area contributed by atoms with Crippen molar-refractivity contribution in [3.63, 3.8) is 0 Å². The lowest BCUT2D eigenvalue weighted by atomic mass is 9.99. The van der Waals surface area contributed by atoms with E-state index in [0.29, 0.717) is 39.1 Å². The number of nitrogens with two attached hydrogens (primary N) is 1. The highest BCUT2D eigenvalue weighted by Crippen LogP contribution is 2.15. The Hall–Kier alpha value is -0.700. The summed E-state index contributed by atoms with van der Waals surface area (Å²) in [4.78, 5) is 11.8. The average Bonchev–Trinajstić information content (AvgIpc) is 2.75. The molecule has 1 fully saturated rings. The molecule has 8 heteroatoms. The van der Waals surface area contributed by atoms with Gasteiger partial charge >= 0.3 is 0 Å². The van der Waals surface area contributed by atoms with Crippen LogP contribution >= 0.6 is 0 Å². The first-order valence-electron chi connectivity index (χ1n) is 6.39. The van der Waals surface area contributed by atoms with Crippen LogP contribution in [0.4, 0.5) is 0 Å².